The Morgan fingerprint density at radius 2 is 2.31 bits per heavy atom. The van der Waals surface area contributed by atoms with Gasteiger partial charge in [-0.15, -0.1) is 0 Å². The molecule has 0 spiro atoms. The molecule has 2 aliphatic heterocycles. The fourth-order valence-electron chi connectivity index (χ4n) is 3.22. The number of hydrogen-bond donors (Lipinski definition) is 3. The van der Waals surface area contributed by atoms with Crippen LogP contribution in [0.5, 0.6) is 0 Å². The Bertz CT molecular complexity index is 716. The van der Waals surface area contributed by atoms with Crippen molar-refractivity contribution in [3.8, 4) is 0 Å². The number of amides is 1. The van der Waals surface area contributed by atoms with Crippen LogP contribution in [0.1, 0.15) is 31.2 Å². The number of anilines is 1. The van der Waals surface area contributed by atoms with Gasteiger partial charge >= 0.3 is 6.09 Å². The second-order valence-electron chi connectivity index (χ2n) is 6.54. The quantitative estimate of drug-likeness (QED) is 0.529. The Hall–Kier alpha value is -1.42. The molecule has 0 aliphatic carbocycles. The van der Waals surface area contributed by atoms with Crippen molar-refractivity contribution in [1.82, 2.24) is 5.32 Å². The fraction of sp³-hybridized carbons (Fsp3) is 0.529. The summed E-state index contributed by atoms with van der Waals surface area (Å²) in [5.41, 5.74) is 0.853. The van der Waals surface area contributed by atoms with Gasteiger partial charge in [0.2, 0.25) is 5.12 Å². The van der Waals surface area contributed by atoms with E-state index in [-0.39, 0.29) is 18.4 Å². The molecule has 2 aliphatic rings. The van der Waals surface area contributed by atoms with E-state index in [4.69, 9.17) is 17.0 Å². The van der Waals surface area contributed by atoms with E-state index in [1.54, 1.807) is 19.1 Å². The first-order chi connectivity index (χ1) is 12.2. The number of nitrogens with zero attached hydrogens (tertiary/aromatic N) is 1. The molecule has 1 aromatic carbocycles. The molecule has 2 fully saturated rings. The minimum Gasteiger partial charge on any atom is -0.442 e. The molecule has 9 heteroatoms. The molecular formula is C17H21FN2O4S2. The number of carbonyl (C=O) groups excluding carboxylic acids is 1. The van der Waals surface area contributed by atoms with Crippen molar-refractivity contribution < 1.29 is 24.1 Å². The van der Waals surface area contributed by atoms with Crippen molar-refractivity contribution in [1.29, 1.82) is 0 Å². The second-order valence-corrected chi connectivity index (χ2v) is 8.50. The Balaban J connectivity index is 1.71. The number of carbonyl (C=O) groups is 1. The lowest BCUT2D eigenvalue weighted by Crippen LogP contribution is -2.32. The first-order valence-corrected chi connectivity index (χ1v) is 9.75. The largest absolute Gasteiger partial charge is 0.442 e. The van der Waals surface area contributed by atoms with E-state index in [1.165, 1.54) is 11.0 Å². The van der Waals surface area contributed by atoms with Crippen LogP contribution in [0.3, 0.4) is 0 Å². The van der Waals surface area contributed by atoms with Crippen LogP contribution in [0.15, 0.2) is 18.2 Å². The van der Waals surface area contributed by atoms with Gasteiger partial charge in [-0.1, -0.05) is 30.0 Å². The maximum atomic E-state index is 14.6. The number of aliphatic hydroxyl groups is 2. The molecule has 3 N–H and O–H groups in total. The minimum atomic E-state index is -1.83. The number of halogens is 1. The summed E-state index contributed by atoms with van der Waals surface area (Å²) in [6.45, 7) is 2.46. The first-order valence-electron chi connectivity index (χ1n) is 8.36. The number of ether oxygens (including phenoxy) is 1. The van der Waals surface area contributed by atoms with Crippen molar-refractivity contribution in [2.24, 2.45) is 0 Å². The van der Waals surface area contributed by atoms with Crippen LogP contribution in [-0.4, -0.2) is 51.4 Å². The maximum Gasteiger partial charge on any atom is 0.414 e. The molecule has 0 radical (unpaired) electrons. The summed E-state index contributed by atoms with van der Waals surface area (Å²) in [7, 11) is 0. The number of nitrogens with one attached hydrogen (secondary N) is 1. The van der Waals surface area contributed by atoms with Gasteiger partial charge in [-0.2, -0.15) is 0 Å². The Kier molecular flexibility index (Phi) is 5.71. The zero-order valence-corrected chi connectivity index (χ0v) is 15.9. The van der Waals surface area contributed by atoms with E-state index >= 15 is 0 Å². The lowest BCUT2D eigenvalue weighted by atomic mass is 9.91. The van der Waals surface area contributed by atoms with Gasteiger partial charge in [-0.25, -0.2) is 9.18 Å². The third-order valence-corrected chi connectivity index (χ3v) is 5.71. The molecule has 2 saturated heterocycles. The van der Waals surface area contributed by atoms with Crippen LogP contribution in [0.25, 0.3) is 0 Å². The van der Waals surface area contributed by atoms with E-state index < -0.39 is 17.0 Å². The molecule has 26 heavy (non-hydrogen) atoms. The van der Waals surface area contributed by atoms with Crippen molar-refractivity contribution in [3.63, 3.8) is 0 Å². The van der Waals surface area contributed by atoms with E-state index in [0.717, 1.165) is 11.8 Å². The fourth-order valence-corrected chi connectivity index (χ4v) is 4.35. The van der Waals surface area contributed by atoms with Gasteiger partial charge in [-0.3, -0.25) is 4.90 Å². The summed E-state index contributed by atoms with van der Waals surface area (Å²) in [5.74, 6) is -0.182. The average Bonchev–Trinajstić information content (AvgIpc) is 2.93. The molecule has 2 atom stereocenters. The monoisotopic (exact) mass is 400 g/mol. The molecule has 3 rings (SSSR count). The third kappa shape index (κ3) is 4.46. The van der Waals surface area contributed by atoms with Crippen LogP contribution >= 0.6 is 24.0 Å². The van der Waals surface area contributed by atoms with Crippen LogP contribution in [0, 0.1) is 5.82 Å². The van der Waals surface area contributed by atoms with Gasteiger partial charge in [0.05, 0.1) is 23.8 Å². The lowest BCUT2D eigenvalue weighted by Gasteiger charge is -2.32. The van der Waals surface area contributed by atoms with Crippen molar-refractivity contribution in [2.45, 2.75) is 36.9 Å². The summed E-state index contributed by atoms with van der Waals surface area (Å²) in [5, 5.41) is 20.7. The van der Waals surface area contributed by atoms with Crippen LogP contribution < -0.4 is 10.2 Å². The van der Waals surface area contributed by atoms with Crippen LogP contribution in [-0.2, 0) is 4.74 Å². The Morgan fingerprint density at radius 1 is 1.54 bits per heavy atom. The summed E-state index contributed by atoms with van der Waals surface area (Å²) in [6, 6.07) is 4.58. The normalized spacial score (nSPS) is 25.1. The Morgan fingerprint density at radius 3 is 2.96 bits per heavy atom. The molecule has 1 unspecified atom stereocenters. The number of benzene rings is 1. The molecule has 0 saturated carbocycles. The van der Waals surface area contributed by atoms with Gasteiger partial charge in [0.25, 0.3) is 0 Å². The highest BCUT2D eigenvalue weighted by molar-refractivity contribution is 8.00. The van der Waals surface area contributed by atoms with Gasteiger partial charge in [0.1, 0.15) is 11.9 Å². The van der Waals surface area contributed by atoms with Crippen LogP contribution in [0.2, 0.25) is 0 Å². The average molecular weight is 400 g/mol. The van der Waals surface area contributed by atoms with Gasteiger partial charge in [0.15, 0.2) is 0 Å². The number of hydrogen-bond acceptors (Lipinski definition) is 6. The highest BCUT2D eigenvalue weighted by Crippen LogP contribution is 2.41. The second kappa shape index (κ2) is 7.67. The van der Waals surface area contributed by atoms with Gasteiger partial charge < -0.3 is 20.3 Å². The molecule has 0 bridgehead atoms. The third-order valence-electron chi connectivity index (χ3n) is 4.50. The number of thiocarbonyl (C=S) groups is 1. The first kappa shape index (κ1) is 19.3. The predicted molar refractivity (Wildman–Crippen MR) is 102 cm³/mol. The minimum absolute atomic E-state index is 0.0738. The van der Waals surface area contributed by atoms with Gasteiger partial charge in [-0.05, 0) is 42.7 Å². The van der Waals surface area contributed by atoms with Crippen molar-refractivity contribution in [2.75, 3.05) is 23.7 Å². The molecule has 6 nitrogen and oxygen atoms in total. The van der Waals surface area contributed by atoms with E-state index in [2.05, 4.69) is 5.32 Å². The topological polar surface area (TPSA) is 82.0 Å². The number of cyclic esters (lactones) is 1. The number of rotatable bonds is 4. The lowest BCUT2D eigenvalue weighted by molar-refractivity contribution is -0.0887. The zero-order valence-electron chi connectivity index (χ0n) is 14.3. The Labute approximate surface area is 160 Å². The molecule has 0 aromatic heterocycles. The number of thioether (sulfide) groups is 1. The SMILES string of the molecule is CC(=S)NC[C@H]1CN(c2ccc(C3CCSC(O)(O)C3)c(F)c2)C(=O)O1. The maximum absolute atomic E-state index is 14.6. The van der Waals surface area contributed by atoms with E-state index in [1.807, 2.05) is 0 Å². The summed E-state index contributed by atoms with van der Waals surface area (Å²) in [6.07, 6.45) is -0.141. The molecule has 142 valence electrons. The summed E-state index contributed by atoms with van der Waals surface area (Å²) < 4.78 is 19.9. The molecule has 1 amide bonds. The predicted octanol–water partition coefficient (Wildman–Crippen LogP) is 2.34. The molecule has 1 aromatic rings. The van der Waals surface area contributed by atoms with Crippen molar-refractivity contribution in [3.05, 3.63) is 29.6 Å². The highest BCUT2D eigenvalue weighted by atomic mass is 32.2. The zero-order chi connectivity index (χ0) is 18.9. The standard InChI is InChI=1S/C17H21FN2O4S2/c1-10(25)19-8-13-9-20(16(21)24-13)12-2-3-14(15(18)6-12)11-4-5-26-17(22,23)7-11/h2-3,6,11,13,22-23H,4-5,7-9H2,1H3,(H,19,25)/t11?,13-/m0/s1. The van der Waals surface area contributed by atoms with E-state index in [9.17, 15) is 19.4 Å². The van der Waals surface area contributed by atoms with Crippen molar-refractivity contribution >= 4 is 40.7 Å². The molecule has 2 heterocycles. The smallest absolute Gasteiger partial charge is 0.414 e. The van der Waals surface area contributed by atoms with Gasteiger partial charge in [0, 0.05) is 6.42 Å². The summed E-state index contributed by atoms with van der Waals surface area (Å²) >= 11 is 6.00. The summed E-state index contributed by atoms with van der Waals surface area (Å²) in [4.78, 5) is 14.1. The van der Waals surface area contributed by atoms with E-state index in [0.29, 0.717) is 41.5 Å². The van der Waals surface area contributed by atoms with Crippen LogP contribution in [0.4, 0.5) is 14.9 Å². The molecular weight excluding hydrogens is 379 g/mol. The highest BCUT2D eigenvalue weighted by Gasteiger charge is 2.36.